The summed E-state index contributed by atoms with van der Waals surface area (Å²) in [6, 6.07) is 3.12. The summed E-state index contributed by atoms with van der Waals surface area (Å²) in [4.78, 5) is 11.6. The molecule has 0 saturated carbocycles. The van der Waals surface area contributed by atoms with E-state index in [4.69, 9.17) is 27.9 Å². The minimum atomic E-state index is -2.16. The van der Waals surface area contributed by atoms with E-state index in [0.717, 1.165) is 31.2 Å². The highest BCUT2D eigenvalue weighted by Crippen LogP contribution is 2.23. The van der Waals surface area contributed by atoms with Gasteiger partial charge in [0.2, 0.25) is 16.6 Å². The number of hydrogen-bond acceptors (Lipinski definition) is 8. The number of carbonyl (C=O) groups is 1. The van der Waals surface area contributed by atoms with Crippen LogP contribution in [0, 0.1) is 0 Å². The Kier molecular flexibility index (Phi) is 19.0. The molecule has 0 spiro atoms. The fourth-order valence-electron chi connectivity index (χ4n) is 3.72. The Morgan fingerprint density at radius 3 is 2.03 bits per heavy atom. The number of aliphatic hydroxyl groups is 2. The van der Waals surface area contributed by atoms with Gasteiger partial charge in [-0.3, -0.25) is 0 Å². The summed E-state index contributed by atoms with van der Waals surface area (Å²) in [6.45, 7) is 24.2. The Bertz CT molecular complexity index is 705. The first kappa shape index (κ1) is 38.8. The summed E-state index contributed by atoms with van der Waals surface area (Å²) >= 11 is 0. The van der Waals surface area contributed by atoms with Crippen molar-refractivity contribution in [1.82, 2.24) is 0 Å². The van der Waals surface area contributed by atoms with Gasteiger partial charge in [-0.2, -0.15) is 0 Å². The predicted molar refractivity (Wildman–Crippen MR) is 170 cm³/mol. The Morgan fingerprint density at radius 1 is 0.821 bits per heavy atom. The summed E-state index contributed by atoms with van der Waals surface area (Å²) in [5.41, 5.74) is 0.423. The van der Waals surface area contributed by atoms with Gasteiger partial charge in [0.1, 0.15) is 6.10 Å². The molecule has 2 atom stereocenters. The van der Waals surface area contributed by atoms with E-state index in [9.17, 15) is 9.90 Å². The van der Waals surface area contributed by atoms with Gasteiger partial charge in [0, 0.05) is 18.4 Å². The van der Waals surface area contributed by atoms with Crippen molar-refractivity contribution in [1.29, 1.82) is 0 Å². The highest BCUT2D eigenvalue weighted by molar-refractivity contribution is 6.80. The van der Waals surface area contributed by atoms with Gasteiger partial charge in [-0.1, -0.05) is 45.5 Å². The molecular weight excluding hydrogens is 565 g/mol. The molecule has 0 aromatic carbocycles. The van der Waals surface area contributed by atoms with Gasteiger partial charge >= 0.3 is 5.97 Å². The summed E-state index contributed by atoms with van der Waals surface area (Å²) in [5, 5.41) is 18.5. The first-order chi connectivity index (χ1) is 18.0. The van der Waals surface area contributed by atoms with Crippen molar-refractivity contribution in [3.63, 3.8) is 0 Å². The lowest BCUT2D eigenvalue weighted by Gasteiger charge is -2.36. The second-order valence-electron chi connectivity index (χ2n) is 13.1. The fraction of sp³-hybridized carbons (Fsp3) is 0.889. The molecule has 2 unspecified atom stereocenters. The first-order valence-corrected chi connectivity index (χ1v) is 27.0. The van der Waals surface area contributed by atoms with E-state index in [1.807, 2.05) is 0 Å². The molecule has 12 heteroatoms. The van der Waals surface area contributed by atoms with Crippen LogP contribution in [-0.2, 0) is 27.5 Å². The summed E-state index contributed by atoms with van der Waals surface area (Å²) in [7, 11) is -7.59. The molecule has 0 rings (SSSR count). The van der Waals surface area contributed by atoms with Gasteiger partial charge in [0.25, 0.3) is 0 Å². The zero-order chi connectivity index (χ0) is 30.2. The summed E-state index contributed by atoms with van der Waals surface area (Å²) in [6.07, 6.45) is 5.41. The highest BCUT2D eigenvalue weighted by Gasteiger charge is 2.36. The lowest BCUT2D eigenvalue weighted by atomic mass is 10.4. The van der Waals surface area contributed by atoms with Crippen molar-refractivity contribution in [2.24, 2.45) is 0 Å². The predicted octanol–water partition coefficient (Wildman–Crippen LogP) is 5.42. The average molecular weight is 625 g/mol. The molecule has 39 heavy (non-hydrogen) atoms. The molecule has 232 valence electrons. The van der Waals surface area contributed by atoms with Crippen LogP contribution in [0.2, 0.25) is 64.0 Å². The first-order valence-electron chi connectivity index (χ1n) is 14.6. The van der Waals surface area contributed by atoms with Crippen LogP contribution in [0.15, 0.2) is 12.2 Å². The molecule has 0 aliphatic heterocycles. The third-order valence-corrected chi connectivity index (χ3v) is 17.4. The SMILES string of the molecule is C=C(C)C(=O)OCCC[Si](C)(C)OC[Si](C)(C)OC[Si](C)(CCCOCC(O)CO)OC[Si](C)(C)CCCC. The molecule has 2 N–H and O–H groups in total. The minimum absolute atomic E-state index is 0.149. The van der Waals surface area contributed by atoms with E-state index in [-0.39, 0.29) is 19.2 Å². The molecule has 0 radical (unpaired) electrons. The Balaban J connectivity index is 4.92. The maximum atomic E-state index is 11.6. The van der Waals surface area contributed by atoms with E-state index in [0.29, 0.717) is 31.2 Å². The van der Waals surface area contributed by atoms with Crippen molar-refractivity contribution in [3.8, 4) is 0 Å². The van der Waals surface area contributed by atoms with Crippen LogP contribution in [0.4, 0.5) is 0 Å². The van der Waals surface area contributed by atoms with E-state index in [1.165, 1.54) is 18.9 Å². The Morgan fingerprint density at radius 2 is 1.44 bits per heavy atom. The van der Waals surface area contributed by atoms with E-state index < -0.39 is 39.1 Å². The molecule has 0 aliphatic rings. The number of aliphatic hydroxyl groups excluding tert-OH is 2. The maximum Gasteiger partial charge on any atom is 0.333 e. The van der Waals surface area contributed by atoms with Crippen LogP contribution in [-0.4, -0.2) is 100 Å². The zero-order valence-electron chi connectivity index (χ0n) is 26.5. The van der Waals surface area contributed by atoms with Gasteiger partial charge < -0.3 is 33.0 Å². The van der Waals surface area contributed by atoms with Crippen molar-refractivity contribution < 1.29 is 37.8 Å². The van der Waals surface area contributed by atoms with Crippen LogP contribution < -0.4 is 0 Å². The van der Waals surface area contributed by atoms with Crippen molar-refractivity contribution in [2.45, 2.75) is 110 Å². The van der Waals surface area contributed by atoms with E-state index in [2.05, 4.69) is 59.3 Å². The lowest BCUT2D eigenvalue weighted by molar-refractivity contribution is -0.138. The van der Waals surface area contributed by atoms with Crippen molar-refractivity contribution >= 4 is 39.0 Å². The summed E-state index contributed by atoms with van der Waals surface area (Å²) < 4.78 is 30.6. The monoisotopic (exact) mass is 624 g/mol. The van der Waals surface area contributed by atoms with Crippen LogP contribution in [0.1, 0.15) is 39.5 Å². The number of ether oxygens (including phenoxy) is 2. The lowest BCUT2D eigenvalue weighted by Crippen LogP contribution is -2.51. The number of hydrogen-bond donors (Lipinski definition) is 2. The third kappa shape index (κ3) is 20.4. The quantitative estimate of drug-likeness (QED) is 0.0636. The molecule has 0 saturated heterocycles. The fourth-order valence-corrected chi connectivity index (χ4v) is 16.4. The second-order valence-corrected chi connectivity index (χ2v) is 30.6. The maximum absolute atomic E-state index is 11.6. The Labute approximate surface area is 243 Å². The molecule has 8 nitrogen and oxygen atoms in total. The van der Waals surface area contributed by atoms with E-state index in [1.54, 1.807) is 6.92 Å². The molecule has 0 fully saturated rings. The zero-order valence-corrected chi connectivity index (χ0v) is 30.5. The number of esters is 1. The van der Waals surface area contributed by atoms with E-state index >= 15 is 0 Å². The molecule has 0 heterocycles. The average Bonchev–Trinajstić information content (AvgIpc) is 2.86. The van der Waals surface area contributed by atoms with Gasteiger partial charge in [0.05, 0.1) is 40.4 Å². The van der Waals surface area contributed by atoms with Gasteiger partial charge in [-0.15, -0.1) is 0 Å². The Hall–Kier alpha value is -0.162. The van der Waals surface area contributed by atoms with Crippen molar-refractivity contribution in [2.75, 3.05) is 45.1 Å². The molecule has 0 bridgehead atoms. The molecule has 0 aromatic rings. The number of unbranched alkanes of at least 4 members (excludes halogenated alkanes) is 1. The van der Waals surface area contributed by atoms with Crippen LogP contribution in [0.3, 0.4) is 0 Å². The van der Waals surface area contributed by atoms with Crippen molar-refractivity contribution in [3.05, 3.63) is 12.2 Å². The molecule has 0 amide bonds. The van der Waals surface area contributed by atoms with Crippen LogP contribution >= 0.6 is 0 Å². The molecule has 0 aromatic heterocycles. The van der Waals surface area contributed by atoms with Gasteiger partial charge in [0.15, 0.2) is 8.32 Å². The smallest absolute Gasteiger partial charge is 0.333 e. The largest absolute Gasteiger partial charge is 0.462 e. The van der Waals surface area contributed by atoms with Gasteiger partial charge in [-0.05, 0) is 64.6 Å². The topological polar surface area (TPSA) is 104 Å². The highest BCUT2D eigenvalue weighted by atomic mass is 28.4. The van der Waals surface area contributed by atoms with Crippen LogP contribution in [0.5, 0.6) is 0 Å². The van der Waals surface area contributed by atoms with Gasteiger partial charge in [-0.25, -0.2) is 4.79 Å². The standard InChI is InChI=1S/C27H60O8Si4/c1-11-12-17-36(4,5)22-35-39(10,19-13-15-31-21-26(29)20-28)24-34-38(8,9)23-33-37(6,7)18-14-16-32-27(30)25(2)3/h26,28-29H,2,11-24H2,1,3-10H3. The summed E-state index contributed by atoms with van der Waals surface area (Å²) in [5.74, 6) is -0.336. The number of carbonyl (C=O) groups excluding carboxylic acids is 1. The third-order valence-electron chi connectivity index (χ3n) is 6.62. The van der Waals surface area contributed by atoms with Crippen LogP contribution in [0.25, 0.3) is 0 Å². The normalized spacial score (nSPS) is 15.2. The second kappa shape index (κ2) is 19.1. The number of rotatable bonds is 24. The molecular formula is C27H60O8Si4. The molecule has 0 aliphatic carbocycles. The minimum Gasteiger partial charge on any atom is -0.462 e.